The van der Waals surface area contributed by atoms with Gasteiger partial charge in [-0.15, -0.1) is 11.8 Å². The third-order valence-corrected chi connectivity index (χ3v) is 4.43. The highest BCUT2D eigenvalue weighted by molar-refractivity contribution is 7.99. The van der Waals surface area contributed by atoms with Crippen molar-refractivity contribution in [3.8, 4) is 0 Å². The number of hydrogen-bond acceptors (Lipinski definition) is 3. The first-order valence-corrected chi connectivity index (χ1v) is 7.52. The smallest absolute Gasteiger partial charge is 0.227 e. The van der Waals surface area contributed by atoms with Gasteiger partial charge in [-0.25, -0.2) is 0 Å². The third kappa shape index (κ3) is 3.19. The fourth-order valence-corrected chi connectivity index (χ4v) is 2.66. The molecule has 1 amide bonds. The number of rotatable bonds is 5. The Morgan fingerprint density at radius 1 is 1.50 bits per heavy atom. The van der Waals surface area contributed by atoms with Crippen LogP contribution in [0.25, 0.3) is 0 Å². The van der Waals surface area contributed by atoms with Crippen LogP contribution in [0.5, 0.6) is 0 Å². The van der Waals surface area contributed by atoms with Crippen molar-refractivity contribution in [2.45, 2.75) is 37.5 Å². The highest BCUT2D eigenvalue weighted by Gasteiger charge is 2.25. The fourth-order valence-electron chi connectivity index (χ4n) is 1.86. The molecule has 1 fully saturated rings. The lowest BCUT2D eigenvalue weighted by molar-refractivity contribution is -0.122. The van der Waals surface area contributed by atoms with Gasteiger partial charge in [-0.05, 0) is 43.2 Å². The maximum atomic E-state index is 11.9. The zero-order chi connectivity index (χ0) is 13.0. The van der Waals surface area contributed by atoms with Crippen molar-refractivity contribution in [1.29, 1.82) is 0 Å². The minimum absolute atomic E-state index is 0.116. The van der Waals surface area contributed by atoms with E-state index in [-0.39, 0.29) is 11.8 Å². The van der Waals surface area contributed by atoms with E-state index < -0.39 is 0 Å². The highest BCUT2D eigenvalue weighted by atomic mass is 32.2. The van der Waals surface area contributed by atoms with Gasteiger partial charge in [0, 0.05) is 10.8 Å². The van der Waals surface area contributed by atoms with Gasteiger partial charge in [-0.1, -0.05) is 13.3 Å². The van der Waals surface area contributed by atoms with Crippen LogP contribution in [0.3, 0.4) is 0 Å². The average molecular weight is 264 g/mol. The molecule has 1 aliphatic carbocycles. The Morgan fingerprint density at radius 3 is 2.89 bits per heavy atom. The molecule has 1 aromatic carbocycles. The number of hydrogen-bond donors (Lipinski definition) is 2. The van der Waals surface area contributed by atoms with E-state index in [0.717, 1.165) is 35.6 Å². The highest BCUT2D eigenvalue weighted by Crippen LogP contribution is 2.30. The number of amides is 1. The molecule has 0 heterocycles. The molecule has 98 valence electrons. The van der Waals surface area contributed by atoms with Crippen molar-refractivity contribution in [3.05, 3.63) is 18.2 Å². The molecule has 1 aromatic rings. The first kappa shape index (κ1) is 13.3. The van der Waals surface area contributed by atoms with Crippen LogP contribution in [0, 0.1) is 5.92 Å². The summed E-state index contributed by atoms with van der Waals surface area (Å²) in [5, 5.41) is 2.95. The van der Waals surface area contributed by atoms with Gasteiger partial charge in [0.25, 0.3) is 0 Å². The molecule has 0 saturated heterocycles. The summed E-state index contributed by atoms with van der Waals surface area (Å²) in [6.45, 7) is 2.16. The molecule has 0 spiro atoms. The molecule has 1 saturated carbocycles. The molecule has 0 aromatic heterocycles. The minimum atomic E-state index is 0.116. The predicted octanol–water partition coefficient (Wildman–Crippen LogP) is 3.51. The van der Waals surface area contributed by atoms with Gasteiger partial charge in [-0.2, -0.15) is 0 Å². The van der Waals surface area contributed by atoms with E-state index in [0.29, 0.717) is 5.69 Å². The van der Waals surface area contributed by atoms with Gasteiger partial charge < -0.3 is 11.1 Å². The molecule has 2 rings (SSSR count). The quantitative estimate of drug-likeness (QED) is 0.632. The molecule has 4 heteroatoms. The summed E-state index contributed by atoms with van der Waals surface area (Å²) in [5.41, 5.74) is 7.30. The molecule has 0 bridgehead atoms. The van der Waals surface area contributed by atoms with Gasteiger partial charge >= 0.3 is 0 Å². The number of carbonyl (C=O) groups is 1. The average Bonchev–Trinajstić information content (AvgIpc) is 2.28. The van der Waals surface area contributed by atoms with Crippen LogP contribution in [-0.4, -0.2) is 11.7 Å². The Morgan fingerprint density at radius 2 is 2.28 bits per heavy atom. The van der Waals surface area contributed by atoms with E-state index in [1.54, 1.807) is 11.8 Å². The Bertz CT molecular complexity index is 430. The first-order valence-electron chi connectivity index (χ1n) is 6.54. The maximum absolute atomic E-state index is 11.9. The minimum Gasteiger partial charge on any atom is -0.397 e. The molecule has 0 atom stereocenters. The lowest BCUT2D eigenvalue weighted by Crippen LogP contribution is -2.28. The number of thioether (sulfide) groups is 1. The van der Waals surface area contributed by atoms with Crippen molar-refractivity contribution in [2.24, 2.45) is 5.92 Å². The zero-order valence-corrected chi connectivity index (χ0v) is 11.6. The monoisotopic (exact) mass is 264 g/mol. The van der Waals surface area contributed by atoms with E-state index in [4.69, 9.17) is 5.73 Å². The molecular weight excluding hydrogens is 244 g/mol. The van der Waals surface area contributed by atoms with E-state index in [2.05, 4.69) is 12.2 Å². The topological polar surface area (TPSA) is 55.1 Å². The largest absolute Gasteiger partial charge is 0.397 e. The number of nitrogen functional groups attached to an aromatic ring is 1. The predicted molar refractivity (Wildman–Crippen MR) is 77.8 cm³/mol. The van der Waals surface area contributed by atoms with Crippen molar-refractivity contribution in [2.75, 3.05) is 16.8 Å². The second kappa shape index (κ2) is 6.14. The summed E-state index contributed by atoms with van der Waals surface area (Å²) in [7, 11) is 0. The van der Waals surface area contributed by atoms with Crippen LogP contribution >= 0.6 is 11.8 Å². The van der Waals surface area contributed by atoms with Crippen LogP contribution in [0.1, 0.15) is 32.6 Å². The molecule has 3 N–H and O–H groups in total. The summed E-state index contributed by atoms with van der Waals surface area (Å²) in [6, 6.07) is 5.86. The SMILES string of the molecule is CCCSc1ccc(N)c(NC(=O)C2CCC2)c1. The molecule has 0 aliphatic heterocycles. The second-order valence-electron chi connectivity index (χ2n) is 4.71. The van der Waals surface area contributed by atoms with Crippen LogP contribution in [0.15, 0.2) is 23.1 Å². The molecule has 3 nitrogen and oxygen atoms in total. The van der Waals surface area contributed by atoms with Crippen molar-refractivity contribution < 1.29 is 4.79 Å². The number of anilines is 2. The summed E-state index contributed by atoms with van der Waals surface area (Å²) in [5.74, 6) is 1.39. The Balaban J connectivity index is 2.03. The molecule has 0 radical (unpaired) electrons. The maximum Gasteiger partial charge on any atom is 0.227 e. The third-order valence-electron chi connectivity index (χ3n) is 3.23. The van der Waals surface area contributed by atoms with Crippen LogP contribution in [0.2, 0.25) is 0 Å². The Kier molecular flexibility index (Phi) is 4.53. The molecular formula is C14H20N2OS. The van der Waals surface area contributed by atoms with Gasteiger partial charge in [0.05, 0.1) is 11.4 Å². The van der Waals surface area contributed by atoms with Gasteiger partial charge in [0.1, 0.15) is 0 Å². The zero-order valence-electron chi connectivity index (χ0n) is 10.7. The molecule has 0 unspecified atom stereocenters. The second-order valence-corrected chi connectivity index (χ2v) is 5.88. The summed E-state index contributed by atoms with van der Waals surface area (Å²) in [6.07, 6.45) is 4.32. The normalized spacial score (nSPS) is 15.2. The first-order chi connectivity index (χ1) is 8.70. The number of nitrogens with one attached hydrogen (secondary N) is 1. The molecule has 1 aliphatic rings. The number of benzene rings is 1. The van der Waals surface area contributed by atoms with E-state index in [1.807, 2.05) is 18.2 Å². The van der Waals surface area contributed by atoms with Gasteiger partial charge in [0.2, 0.25) is 5.91 Å². The van der Waals surface area contributed by atoms with E-state index in [9.17, 15) is 4.79 Å². The summed E-state index contributed by atoms with van der Waals surface area (Å²) in [4.78, 5) is 13.1. The molecule has 18 heavy (non-hydrogen) atoms. The van der Waals surface area contributed by atoms with Gasteiger partial charge in [-0.3, -0.25) is 4.79 Å². The Hall–Kier alpha value is -1.16. The lowest BCUT2D eigenvalue weighted by atomic mass is 9.85. The van der Waals surface area contributed by atoms with Crippen molar-refractivity contribution >= 4 is 29.0 Å². The standard InChI is InChI=1S/C14H20N2OS/c1-2-8-18-11-6-7-12(15)13(9-11)16-14(17)10-4-3-5-10/h6-7,9-10H,2-5,8,15H2,1H3,(H,16,17). The summed E-state index contributed by atoms with van der Waals surface area (Å²) >= 11 is 1.79. The Labute approximate surface area is 113 Å². The van der Waals surface area contributed by atoms with E-state index in [1.165, 1.54) is 6.42 Å². The van der Waals surface area contributed by atoms with Crippen LogP contribution < -0.4 is 11.1 Å². The number of nitrogens with two attached hydrogens (primary N) is 1. The summed E-state index contributed by atoms with van der Waals surface area (Å²) < 4.78 is 0. The van der Waals surface area contributed by atoms with Crippen LogP contribution in [0.4, 0.5) is 11.4 Å². The number of carbonyl (C=O) groups excluding carboxylic acids is 1. The van der Waals surface area contributed by atoms with Crippen molar-refractivity contribution in [3.63, 3.8) is 0 Å². The fraction of sp³-hybridized carbons (Fsp3) is 0.500. The van der Waals surface area contributed by atoms with Crippen molar-refractivity contribution in [1.82, 2.24) is 0 Å². The van der Waals surface area contributed by atoms with Crippen LogP contribution in [-0.2, 0) is 4.79 Å². The lowest BCUT2D eigenvalue weighted by Gasteiger charge is -2.24. The van der Waals surface area contributed by atoms with Gasteiger partial charge in [0.15, 0.2) is 0 Å². The van der Waals surface area contributed by atoms with E-state index >= 15 is 0 Å².